The van der Waals surface area contributed by atoms with Gasteiger partial charge < -0.3 is 15.7 Å². The van der Waals surface area contributed by atoms with Gasteiger partial charge in [0.25, 0.3) is 0 Å². The number of aliphatic hydroxyl groups excluding tert-OH is 1. The summed E-state index contributed by atoms with van der Waals surface area (Å²) in [6.07, 6.45) is 2.10. The first kappa shape index (κ1) is 24.8. The van der Waals surface area contributed by atoms with Crippen molar-refractivity contribution in [1.82, 2.24) is 20.3 Å². The highest BCUT2D eigenvalue weighted by Gasteiger charge is 2.15. The minimum Gasteiger partial charge on any atom is -0.386 e. The zero-order valence-electron chi connectivity index (χ0n) is 18.6. The molecule has 1 aromatic heterocycles. The Morgan fingerprint density at radius 3 is 2.42 bits per heavy atom. The van der Waals surface area contributed by atoms with Crippen LogP contribution in [-0.2, 0) is 15.4 Å². The topological polar surface area (TPSA) is 116 Å². The van der Waals surface area contributed by atoms with Gasteiger partial charge in [0, 0.05) is 32.0 Å². The molecule has 1 aromatic carbocycles. The number of aliphatic imine (C=N–C) groups is 1. The van der Waals surface area contributed by atoms with Crippen LogP contribution in [0.4, 0.5) is 0 Å². The average Bonchev–Trinajstić information content (AvgIpc) is 2.74. The van der Waals surface area contributed by atoms with Crippen LogP contribution < -0.4 is 15.4 Å². The molecule has 0 saturated heterocycles. The maximum Gasteiger partial charge on any atom is 0.242 e. The molecule has 1 atom stereocenters. The molecule has 0 spiro atoms. The molecule has 0 saturated carbocycles. The summed E-state index contributed by atoms with van der Waals surface area (Å²) < 4.78 is 26.9. The molecular weight excluding hydrogens is 414 g/mol. The van der Waals surface area contributed by atoms with E-state index in [-0.39, 0.29) is 23.4 Å². The smallest absolute Gasteiger partial charge is 0.242 e. The molecule has 8 nitrogen and oxygen atoms in total. The van der Waals surface area contributed by atoms with E-state index in [2.05, 4.69) is 46.1 Å². The Bertz CT molecular complexity index is 939. The van der Waals surface area contributed by atoms with Crippen LogP contribution in [0.25, 0.3) is 0 Å². The molecule has 31 heavy (non-hydrogen) atoms. The van der Waals surface area contributed by atoms with Gasteiger partial charge in [0.1, 0.15) is 4.90 Å². The normalized spacial score (nSPS) is 13.6. The van der Waals surface area contributed by atoms with Gasteiger partial charge in [0.2, 0.25) is 10.0 Å². The number of rotatable bonds is 9. The second-order valence-electron chi connectivity index (χ2n) is 8.12. The molecule has 0 amide bonds. The lowest BCUT2D eigenvalue weighted by molar-refractivity contribution is 0.187. The van der Waals surface area contributed by atoms with Gasteiger partial charge in [-0.25, -0.2) is 13.1 Å². The largest absolute Gasteiger partial charge is 0.386 e. The van der Waals surface area contributed by atoms with Crippen LogP contribution in [0, 0.1) is 0 Å². The third-order valence-electron chi connectivity index (χ3n) is 4.58. The van der Waals surface area contributed by atoms with Crippen molar-refractivity contribution in [2.24, 2.45) is 4.99 Å². The number of nitrogens with zero attached hydrogens (tertiary/aromatic N) is 2. The lowest BCUT2D eigenvalue weighted by Crippen LogP contribution is -2.41. The molecule has 0 aliphatic rings. The van der Waals surface area contributed by atoms with E-state index in [0.29, 0.717) is 19.0 Å². The summed E-state index contributed by atoms with van der Waals surface area (Å²) in [5.41, 5.74) is 2.06. The lowest BCUT2D eigenvalue weighted by atomic mass is 9.86. The predicted molar refractivity (Wildman–Crippen MR) is 124 cm³/mol. The van der Waals surface area contributed by atoms with Crippen molar-refractivity contribution in [3.8, 4) is 0 Å². The molecule has 0 aliphatic heterocycles. The minimum absolute atomic E-state index is 0.0578. The first-order chi connectivity index (χ1) is 14.6. The molecule has 0 fully saturated rings. The van der Waals surface area contributed by atoms with Crippen molar-refractivity contribution in [3.05, 3.63) is 59.9 Å². The fourth-order valence-electron chi connectivity index (χ4n) is 2.79. The number of nitrogens with one attached hydrogen (secondary N) is 3. The van der Waals surface area contributed by atoms with Gasteiger partial charge in [-0.1, -0.05) is 45.0 Å². The molecular formula is C22H33N5O3S. The third kappa shape index (κ3) is 7.93. The number of guanidine groups is 1. The molecule has 0 aliphatic carbocycles. The molecule has 9 heteroatoms. The Morgan fingerprint density at radius 1 is 1.13 bits per heavy atom. The van der Waals surface area contributed by atoms with E-state index in [9.17, 15) is 13.5 Å². The number of pyridine rings is 1. The summed E-state index contributed by atoms with van der Waals surface area (Å²) in [6, 6.07) is 11.0. The maximum absolute atomic E-state index is 12.2. The Morgan fingerprint density at radius 2 is 1.84 bits per heavy atom. The van der Waals surface area contributed by atoms with E-state index >= 15 is 0 Å². The van der Waals surface area contributed by atoms with Gasteiger partial charge in [0.05, 0.1) is 12.6 Å². The Hall–Kier alpha value is -2.49. The van der Waals surface area contributed by atoms with E-state index in [1.165, 1.54) is 24.0 Å². The fourth-order valence-corrected chi connectivity index (χ4v) is 3.78. The molecule has 0 radical (unpaired) electrons. The van der Waals surface area contributed by atoms with Crippen LogP contribution in [0.1, 0.15) is 44.9 Å². The Labute approximate surface area is 185 Å². The van der Waals surface area contributed by atoms with Gasteiger partial charge in [-0.15, -0.1) is 0 Å². The molecule has 4 N–H and O–H groups in total. The quantitative estimate of drug-likeness (QED) is 0.265. The van der Waals surface area contributed by atoms with Crippen LogP contribution >= 0.6 is 0 Å². The predicted octanol–water partition coefficient (Wildman–Crippen LogP) is 1.95. The minimum atomic E-state index is -3.60. The number of sulfonamides is 1. The van der Waals surface area contributed by atoms with E-state index in [4.69, 9.17) is 0 Å². The monoisotopic (exact) mass is 447 g/mol. The molecule has 2 rings (SSSR count). The maximum atomic E-state index is 12.2. The molecule has 1 heterocycles. The van der Waals surface area contributed by atoms with Gasteiger partial charge in [-0.05, 0) is 35.6 Å². The second kappa shape index (κ2) is 11.2. The van der Waals surface area contributed by atoms with E-state index in [1.54, 1.807) is 6.07 Å². The Balaban J connectivity index is 1.88. The number of hydrogen-bond donors (Lipinski definition) is 4. The van der Waals surface area contributed by atoms with Gasteiger partial charge >= 0.3 is 0 Å². The van der Waals surface area contributed by atoms with Crippen molar-refractivity contribution < 1.29 is 13.5 Å². The van der Waals surface area contributed by atoms with Gasteiger partial charge in [-0.3, -0.25) is 9.98 Å². The summed E-state index contributed by atoms with van der Waals surface area (Å²) in [6.45, 7) is 9.72. The van der Waals surface area contributed by atoms with Crippen molar-refractivity contribution >= 4 is 16.0 Å². The number of aliphatic hydroxyl groups is 1. The summed E-state index contributed by atoms with van der Waals surface area (Å²) in [4.78, 5) is 8.36. The highest BCUT2D eigenvalue weighted by Crippen LogP contribution is 2.24. The van der Waals surface area contributed by atoms with Crippen LogP contribution in [0.5, 0.6) is 0 Å². The van der Waals surface area contributed by atoms with Crippen LogP contribution in [-0.4, -0.2) is 50.6 Å². The molecule has 0 bridgehead atoms. The zero-order chi connectivity index (χ0) is 22.9. The number of benzene rings is 1. The average molecular weight is 448 g/mol. The Kier molecular flexibility index (Phi) is 8.97. The summed E-state index contributed by atoms with van der Waals surface area (Å²) in [7, 11) is -3.60. The summed E-state index contributed by atoms with van der Waals surface area (Å²) >= 11 is 0. The summed E-state index contributed by atoms with van der Waals surface area (Å²) in [5, 5.41) is 16.6. The van der Waals surface area contributed by atoms with Crippen LogP contribution in [0.15, 0.2) is 58.7 Å². The molecule has 1 unspecified atom stereocenters. The number of hydrogen-bond acceptors (Lipinski definition) is 5. The van der Waals surface area contributed by atoms with E-state index < -0.39 is 16.1 Å². The standard InChI is InChI=1S/C22H33N5O3S/c1-5-24-21(25-13-14-27-31(29,30)19-7-6-12-23-15-19)26-16-20(28)17-8-10-18(11-9-17)22(2,3)4/h6-12,15,20,27-28H,5,13-14,16H2,1-4H3,(H2,24,25,26). The molecule has 2 aromatic rings. The highest BCUT2D eigenvalue weighted by atomic mass is 32.2. The van der Waals surface area contributed by atoms with Gasteiger partial charge in [0.15, 0.2) is 5.96 Å². The first-order valence-corrected chi connectivity index (χ1v) is 11.8. The van der Waals surface area contributed by atoms with Crippen LogP contribution in [0.2, 0.25) is 0 Å². The van der Waals surface area contributed by atoms with Gasteiger partial charge in [-0.2, -0.15) is 0 Å². The van der Waals surface area contributed by atoms with Crippen molar-refractivity contribution in [1.29, 1.82) is 0 Å². The number of aromatic nitrogens is 1. The van der Waals surface area contributed by atoms with Crippen molar-refractivity contribution in [2.75, 3.05) is 26.2 Å². The molecule has 170 valence electrons. The van der Waals surface area contributed by atoms with Crippen LogP contribution in [0.3, 0.4) is 0 Å². The highest BCUT2D eigenvalue weighted by molar-refractivity contribution is 7.89. The second-order valence-corrected chi connectivity index (χ2v) is 9.89. The summed E-state index contributed by atoms with van der Waals surface area (Å²) in [5.74, 6) is 0.508. The van der Waals surface area contributed by atoms with Crippen molar-refractivity contribution in [3.63, 3.8) is 0 Å². The fraction of sp³-hybridized carbons (Fsp3) is 0.455. The van der Waals surface area contributed by atoms with E-state index in [1.807, 2.05) is 31.2 Å². The zero-order valence-corrected chi connectivity index (χ0v) is 19.4. The first-order valence-electron chi connectivity index (χ1n) is 10.3. The third-order valence-corrected chi connectivity index (χ3v) is 6.03. The van der Waals surface area contributed by atoms with Crippen molar-refractivity contribution in [2.45, 2.75) is 44.1 Å². The van der Waals surface area contributed by atoms with E-state index in [0.717, 1.165) is 5.56 Å². The SMILES string of the molecule is CCNC(=NCC(O)c1ccc(C(C)(C)C)cc1)NCCNS(=O)(=O)c1cccnc1. The lowest BCUT2D eigenvalue weighted by Gasteiger charge is -2.20.